The molecule has 1 aliphatic heterocycles. The molecule has 4 nitrogen and oxygen atoms in total. The van der Waals surface area contributed by atoms with Crippen molar-refractivity contribution < 1.29 is 4.74 Å². The van der Waals surface area contributed by atoms with Crippen molar-refractivity contribution in [3.8, 4) is 0 Å². The quantitative estimate of drug-likeness (QED) is 0.502. The summed E-state index contributed by atoms with van der Waals surface area (Å²) < 4.78 is 7.57. The first kappa shape index (κ1) is 17.3. The Balaban J connectivity index is 1.69. The number of hydrogen-bond acceptors (Lipinski definition) is 4. The van der Waals surface area contributed by atoms with Crippen LogP contribution in [-0.2, 0) is 17.0 Å². The number of fused-ring (bicyclic) bond motifs is 1. The third-order valence-corrected chi connectivity index (χ3v) is 5.73. The van der Waals surface area contributed by atoms with Gasteiger partial charge in [0.2, 0.25) is 0 Å². The van der Waals surface area contributed by atoms with Gasteiger partial charge in [0.15, 0.2) is 5.16 Å². The summed E-state index contributed by atoms with van der Waals surface area (Å²) in [6.45, 7) is 3.45. The van der Waals surface area contributed by atoms with Crippen molar-refractivity contribution in [1.29, 1.82) is 0 Å². The highest BCUT2D eigenvalue weighted by Crippen LogP contribution is 2.24. The Morgan fingerprint density at radius 1 is 1.23 bits per heavy atom. The zero-order chi connectivity index (χ0) is 17.9. The Morgan fingerprint density at radius 2 is 2.12 bits per heavy atom. The molecule has 0 aliphatic carbocycles. The van der Waals surface area contributed by atoms with Gasteiger partial charge in [0.05, 0.1) is 23.6 Å². The molecule has 0 amide bonds. The number of aromatic nitrogens is 2. The first-order valence-electron chi connectivity index (χ1n) is 9.00. The highest BCUT2D eigenvalue weighted by atomic mass is 32.2. The minimum Gasteiger partial charge on any atom is -0.376 e. The molecule has 134 valence electrons. The number of para-hydroxylation sites is 1. The molecule has 0 unspecified atom stereocenters. The number of ether oxygens (including phenoxy) is 1. The van der Waals surface area contributed by atoms with Gasteiger partial charge in [-0.25, -0.2) is 4.98 Å². The summed E-state index contributed by atoms with van der Waals surface area (Å²) in [6.07, 6.45) is 2.17. The van der Waals surface area contributed by atoms with E-state index in [-0.39, 0.29) is 11.7 Å². The fourth-order valence-corrected chi connectivity index (χ4v) is 4.31. The SMILES string of the molecule is Cc1cccc(CSc2nc3ccccc3c(=O)n2C[C@H]2CCCO2)c1. The van der Waals surface area contributed by atoms with E-state index in [4.69, 9.17) is 9.72 Å². The zero-order valence-corrected chi connectivity index (χ0v) is 15.7. The largest absolute Gasteiger partial charge is 0.376 e. The van der Waals surface area contributed by atoms with Gasteiger partial charge in [-0.1, -0.05) is 53.7 Å². The molecule has 1 aliphatic rings. The lowest BCUT2D eigenvalue weighted by molar-refractivity contribution is 0.0937. The lowest BCUT2D eigenvalue weighted by Gasteiger charge is -2.16. The standard InChI is InChI=1S/C21H22N2O2S/c1-15-6-4-7-16(12-15)14-26-21-22-19-10-3-2-9-18(19)20(24)23(21)13-17-8-5-11-25-17/h2-4,6-7,9-10,12,17H,5,8,11,13-14H2,1H3/t17-/m1/s1. The second-order valence-corrected chi connectivity index (χ2v) is 7.68. The van der Waals surface area contributed by atoms with Crippen molar-refractivity contribution in [2.24, 2.45) is 0 Å². The second kappa shape index (κ2) is 7.64. The van der Waals surface area contributed by atoms with Crippen LogP contribution in [-0.4, -0.2) is 22.3 Å². The van der Waals surface area contributed by atoms with E-state index in [0.717, 1.165) is 35.9 Å². The van der Waals surface area contributed by atoms with Gasteiger partial charge < -0.3 is 4.74 Å². The van der Waals surface area contributed by atoms with Crippen molar-refractivity contribution in [3.63, 3.8) is 0 Å². The predicted molar refractivity (Wildman–Crippen MR) is 106 cm³/mol. The van der Waals surface area contributed by atoms with Gasteiger partial charge in [0.1, 0.15) is 0 Å². The van der Waals surface area contributed by atoms with Gasteiger partial charge in [-0.05, 0) is 37.5 Å². The predicted octanol–water partition coefficient (Wildman–Crippen LogP) is 4.18. The molecule has 26 heavy (non-hydrogen) atoms. The van der Waals surface area contributed by atoms with Crippen LogP contribution in [0.5, 0.6) is 0 Å². The molecular formula is C21H22N2O2S. The number of aryl methyl sites for hydroxylation is 1. The summed E-state index contributed by atoms with van der Waals surface area (Å²) in [6, 6.07) is 16.0. The van der Waals surface area contributed by atoms with Crippen LogP contribution in [0.15, 0.2) is 58.5 Å². The molecule has 0 bridgehead atoms. The van der Waals surface area contributed by atoms with Crippen LogP contribution in [0.1, 0.15) is 24.0 Å². The highest BCUT2D eigenvalue weighted by Gasteiger charge is 2.20. The minimum absolute atomic E-state index is 0.0258. The Hall–Kier alpha value is -2.11. The summed E-state index contributed by atoms with van der Waals surface area (Å²) in [5, 5.41) is 1.44. The number of benzene rings is 2. The third kappa shape index (κ3) is 3.69. The molecule has 1 saturated heterocycles. The molecule has 3 aromatic rings. The molecule has 2 aromatic carbocycles. The van der Waals surface area contributed by atoms with E-state index in [2.05, 4.69) is 31.2 Å². The van der Waals surface area contributed by atoms with E-state index in [9.17, 15) is 4.79 Å². The molecule has 0 radical (unpaired) electrons. The first-order chi connectivity index (χ1) is 12.7. The number of rotatable bonds is 5. The number of thioether (sulfide) groups is 1. The molecule has 1 atom stereocenters. The number of nitrogens with zero attached hydrogens (tertiary/aromatic N) is 2. The van der Waals surface area contributed by atoms with Crippen LogP contribution in [0, 0.1) is 6.92 Å². The molecule has 2 heterocycles. The summed E-state index contributed by atoms with van der Waals surface area (Å²) in [5.41, 5.74) is 3.26. The maximum absolute atomic E-state index is 13.1. The first-order valence-corrected chi connectivity index (χ1v) is 9.99. The molecule has 0 saturated carbocycles. The van der Waals surface area contributed by atoms with Gasteiger partial charge in [-0.15, -0.1) is 0 Å². The molecule has 5 heteroatoms. The average Bonchev–Trinajstić information content (AvgIpc) is 3.16. The van der Waals surface area contributed by atoms with Crippen LogP contribution < -0.4 is 5.56 Å². The fourth-order valence-electron chi connectivity index (χ4n) is 3.36. The van der Waals surface area contributed by atoms with E-state index >= 15 is 0 Å². The van der Waals surface area contributed by atoms with E-state index in [1.807, 2.05) is 24.3 Å². The van der Waals surface area contributed by atoms with E-state index in [1.165, 1.54) is 11.1 Å². The van der Waals surface area contributed by atoms with Gasteiger partial charge in [-0.2, -0.15) is 0 Å². The zero-order valence-electron chi connectivity index (χ0n) is 14.9. The third-order valence-electron chi connectivity index (χ3n) is 4.69. The monoisotopic (exact) mass is 366 g/mol. The van der Waals surface area contributed by atoms with Gasteiger partial charge in [0, 0.05) is 12.4 Å². The van der Waals surface area contributed by atoms with Crippen molar-refractivity contribution in [3.05, 3.63) is 70.0 Å². The maximum Gasteiger partial charge on any atom is 0.262 e. The van der Waals surface area contributed by atoms with Crippen LogP contribution in [0.4, 0.5) is 0 Å². The van der Waals surface area contributed by atoms with E-state index < -0.39 is 0 Å². The van der Waals surface area contributed by atoms with Gasteiger partial charge >= 0.3 is 0 Å². The smallest absolute Gasteiger partial charge is 0.262 e. The maximum atomic E-state index is 13.1. The van der Waals surface area contributed by atoms with E-state index in [0.29, 0.717) is 11.9 Å². The van der Waals surface area contributed by atoms with Crippen molar-refractivity contribution in [2.45, 2.75) is 43.3 Å². The average molecular weight is 366 g/mol. The Morgan fingerprint density at radius 3 is 2.92 bits per heavy atom. The molecule has 1 fully saturated rings. The number of hydrogen-bond donors (Lipinski definition) is 0. The molecule has 1 aromatic heterocycles. The lowest BCUT2D eigenvalue weighted by atomic mass is 10.2. The summed E-state index contributed by atoms with van der Waals surface area (Å²) in [5.74, 6) is 0.790. The Bertz CT molecular complexity index is 977. The molecular weight excluding hydrogens is 344 g/mol. The van der Waals surface area contributed by atoms with Crippen LogP contribution >= 0.6 is 11.8 Å². The highest BCUT2D eigenvalue weighted by molar-refractivity contribution is 7.98. The van der Waals surface area contributed by atoms with E-state index in [1.54, 1.807) is 16.3 Å². The normalized spacial score (nSPS) is 17.0. The minimum atomic E-state index is 0.0258. The Kier molecular flexibility index (Phi) is 5.09. The Labute approximate surface area is 157 Å². The van der Waals surface area contributed by atoms with Crippen molar-refractivity contribution in [1.82, 2.24) is 9.55 Å². The molecule has 4 rings (SSSR count). The molecule has 0 N–H and O–H groups in total. The lowest BCUT2D eigenvalue weighted by Crippen LogP contribution is -2.28. The van der Waals surface area contributed by atoms with Crippen LogP contribution in [0.25, 0.3) is 10.9 Å². The second-order valence-electron chi connectivity index (χ2n) is 6.74. The van der Waals surface area contributed by atoms with Crippen molar-refractivity contribution >= 4 is 22.7 Å². The molecule has 0 spiro atoms. The summed E-state index contributed by atoms with van der Waals surface area (Å²) in [4.78, 5) is 17.8. The van der Waals surface area contributed by atoms with Gasteiger partial charge in [-0.3, -0.25) is 9.36 Å². The van der Waals surface area contributed by atoms with Crippen LogP contribution in [0.3, 0.4) is 0 Å². The fraction of sp³-hybridized carbons (Fsp3) is 0.333. The van der Waals surface area contributed by atoms with Crippen molar-refractivity contribution in [2.75, 3.05) is 6.61 Å². The van der Waals surface area contributed by atoms with Crippen LogP contribution in [0.2, 0.25) is 0 Å². The summed E-state index contributed by atoms with van der Waals surface area (Å²) >= 11 is 1.62. The summed E-state index contributed by atoms with van der Waals surface area (Å²) in [7, 11) is 0. The van der Waals surface area contributed by atoms with Gasteiger partial charge in [0.25, 0.3) is 5.56 Å². The topological polar surface area (TPSA) is 44.1 Å².